The van der Waals surface area contributed by atoms with Gasteiger partial charge in [-0.3, -0.25) is 4.79 Å². The molecule has 1 heterocycles. The molecule has 0 aliphatic heterocycles. The van der Waals surface area contributed by atoms with Crippen LogP contribution in [0.25, 0.3) is 5.69 Å². The molecule has 0 saturated carbocycles. The predicted molar refractivity (Wildman–Crippen MR) is 57.4 cm³/mol. The van der Waals surface area contributed by atoms with Crippen molar-refractivity contribution >= 4 is 17.7 Å². The Morgan fingerprint density at radius 2 is 2.11 bits per heavy atom. The fourth-order valence-electron chi connectivity index (χ4n) is 1.24. The van der Waals surface area contributed by atoms with Crippen molar-refractivity contribution in [2.45, 2.75) is 5.16 Å². The molecule has 0 aliphatic carbocycles. The van der Waals surface area contributed by atoms with Crippen molar-refractivity contribution in [1.82, 2.24) is 20.2 Å². The summed E-state index contributed by atoms with van der Waals surface area (Å²) in [5.41, 5.74) is -0.532. The monoisotopic (exact) mass is 290 g/mol. The van der Waals surface area contributed by atoms with Crippen LogP contribution in [0.2, 0.25) is 0 Å². The lowest BCUT2D eigenvalue weighted by atomic mass is 10.3. The van der Waals surface area contributed by atoms with Gasteiger partial charge in [0.15, 0.2) is 11.6 Å². The van der Waals surface area contributed by atoms with Crippen LogP contribution in [-0.4, -0.2) is 37.0 Å². The third kappa shape index (κ3) is 2.84. The minimum atomic E-state index is -1.39. The number of carbonyl (C=O) groups is 1. The average molecular weight is 290 g/mol. The first kappa shape index (κ1) is 13.3. The smallest absolute Gasteiger partial charge is 0.313 e. The van der Waals surface area contributed by atoms with Gasteiger partial charge in [-0.1, -0.05) is 11.8 Å². The molecule has 6 nitrogen and oxygen atoms in total. The zero-order valence-corrected chi connectivity index (χ0v) is 9.86. The number of halogens is 3. The van der Waals surface area contributed by atoms with Crippen molar-refractivity contribution in [3.63, 3.8) is 0 Å². The maximum Gasteiger partial charge on any atom is 0.313 e. The molecule has 0 fully saturated rings. The van der Waals surface area contributed by atoms with Gasteiger partial charge in [-0.2, -0.15) is 4.68 Å². The molecular formula is C9H5F3N4O2S. The van der Waals surface area contributed by atoms with Crippen LogP contribution in [0.3, 0.4) is 0 Å². The van der Waals surface area contributed by atoms with Crippen LogP contribution in [0, 0.1) is 17.5 Å². The Balaban J connectivity index is 2.42. The van der Waals surface area contributed by atoms with E-state index in [4.69, 9.17) is 5.11 Å². The lowest BCUT2D eigenvalue weighted by molar-refractivity contribution is -0.133. The zero-order valence-electron chi connectivity index (χ0n) is 9.05. The fraction of sp³-hybridized carbons (Fsp3) is 0.111. The number of nitrogens with zero attached hydrogens (tertiary/aromatic N) is 4. The first-order chi connectivity index (χ1) is 8.99. The average Bonchev–Trinajstić information content (AvgIpc) is 2.79. The Morgan fingerprint density at radius 3 is 2.79 bits per heavy atom. The third-order valence-corrected chi connectivity index (χ3v) is 2.87. The SMILES string of the molecule is O=C(O)CSc1nnnn1-c1cc(F)cc(F)c1F. The number of thioether (sulfide) groups is 1. The second-order valence-electron chi connectivity index (χ2n) is 3.28. The molecular weight excluding hydrogens is 285 g/mol. The van der Waals surface area contributed by atoms with E-state index in [0.29, 0.717) is 23.9 Å². The van der Waals surface area contributed by atoms with Crippen LogP contribution in [0.15, 0.2) is 17.3 Å². The summed E-state index contributed by atoms with van der Waals surface area (Å²) < 4.78 is 40.4. The summed E-state index contributed by atoms with van der Waals surface area (Å²) in [7, 11) is 0. The first-order valence-corrected chi connectivity index (χ1v) is 5.75. The fourth-order valence-corrected chi connectivity index (χ4v) is 1.85. The van der Waals surface area contributed by atoms with Crippen LogP contribution in [0.1, 0.15) is 0 Å². The zero-order chi connectivity index (χ0) is 14.0. The molecule has 2 rings (SSSR count). The van der Waals surface area contributed by atoms with E-state index in [2.05, 4.69) is 15.5 Å². The van der Waals surface area contributed by atoms with E-state index in [-0.39, 0.29) is 10.9 Å². The highest BCUT2D eigenvalue weighted by Gasteiger charge is 2.18. The van der Waals surface area contributed by atoms with Gasteiger partial charge in [0.05, 0.1) is 5.75 Å². The number of hydrogen-bond acceptors (Lipinski definition) is 5. The lowest BCUT2D eigenvalue weighted by Crippen LogP contribution is -2.06. The summed E-state index contributed by atoms with van der Waals surface area (Å²) in [6.07, 6.45) is 0. The van der Waals surface area contributed by atoms with Crippen molar-refractivity contribution in [2.24, 2.45) is 0 Å². The van der Waals surface area contributed by atoms with E-state index in [1.807, 2.05) is 0 Å². The minimum Gasteiger partial charge on any atom is -0.481 e. The van der Waals surface area contributed by atoms with Gasteiger partial charge in [0, 0.05) is 12.1 Å². The largest absolute Gasteiger partial charge is 0.481 e. The Morgan fingerprint density at radius 1 is 1.37 bits per heavy atom. The van der Waals surface area contributed by atoms with Crippen molar-refractivity contribution in [2.75, 3.05) is 5.75 Å². The summed E-state index contributed by atoms with van der Waals surface area (Å²) in [6.45, 7) is 0. The number of aromatic nitrogens is 4. The molecule has 19 heavy (non-hydrogen) atoms. The van der Waals surface area contributed by atoms with Gasteiger partial charge in [-0.15, -0.1) is 5.10 Å². The quantitative estimate of drug-likeness (QED) is 0.674. The van der Waals surface area contributed by atoms with E-state index in [0.717, 1.165) is 4.68 Å². The molecule has 1 aromatic carbocycles. The molecule has 1 N–H and O–H groups in total. The number of rotatable bonds is 4. The van der Waals surface area contributed by atoms with Gasteiger partial charge in [0.2, 0.25) is 5.16 Å². The Labute approximate surface area is 108 Å². The molecule has 0 aliphatic rings. The molecule has 1 aromatic heterocycles. The number of tetrazole rings is 1. The molecule has 0 bridgehead atoms. The van der Waals surface area contributed by atoms with Crippen LogP contribution in [0.5, 0.6) is 0 Å². The molecule has 0 unspecified atom stereocenters. The van der Waals surface area contributed by atoms with Gasteiger partial charge in [-0.05, 0) is 10.4 Å². The molecule has 100 valence electrons. The predicted octanol–water partition coefficient (Wildman–Crippen LogP) is 1.26. The molecule has 2 aromatic rings. The van der Waals surface area contributed by atoms with Gasteiger partial charge < -0.3 is 5.11 Å². The summed E-state index contributed by atoms with van der Waals surface area (Å²) in [4.78, 5) is 10.4. The number of hydrogen-bond donors (Lipinski definition) is 1. The lowest BCUT2D eigenvalue weighted by Gasteiger charge is -2.05. The Kier molecular flexibility index (Phi) is 3.69. The summed E-state index contributed by atoms with van der Waals surface area (Å²) in [5, 5.41) is 18.5. The van der Waals surface area contributed by atoms with Gasteiger partial charge >= 0.3 is 5.97 Å². The summed E-state index contributed by atoms with van der Waals surface area (Å²) in [6, 6.07) is 1.09. The van der Waals surface area contributed by atoms with Crippen molar-refractivity contribution in [3.05, 3.63) is 29.6 Å². The molecule has 0 radical (unpaired) electrons. The molecule has 0 saturated heterocycles. The summed E-state index contributed by atoms with van der Waals surface area (Å²) >= 11 is 0.693. The standard InChI is InChI=1S/C9H5F3N4O2S/c10-4-1-5(11)8(12)6(2-4)16-9(13-14-15-16)19-3-7(17)18/h1-2H,3H2,(H,17,18). The maximum absolute atomic E-state index is 13.5. The van der Waals surface area contributed by atoms with E-state index < -0.39 is 29.1 Å². The van der Waals surface area contributed by atoms with Crippen LogP contribution in [-0.2, 0) is 4.79 Å². The summed E-state index contributed by atoms with van der Waals surface area (Å²) in [5.74, 6) is -5.23. The number of aliphatic carboxylic acids is 1. The number of benzene rings is 1. The molecule has 0 amide bonds. The highest BCUT2D eigenvalue weighted by atomic mass is 32.2. The van der Waals surface area contributed by atoms with Gasteiger partial charge in [0.25, 0.3) is 0 Å². The van der Waals surface area contributed by atoms with Crippen LogP contribution >= 0.6 is 11.8 Å². The molecule has 0 spiro atoms. The normalized spacial score (nSPS) is 10.7. The topological polar surface area (TPSA) is 80.9 Å². The van der Waals surface area contributed by atoms with Crippen molar-refractivity contribution in [3.8, 4) is 5.69 Å². The van der Waals surface area contributed by atoms with Crippen LogP contribution < -0.4 is 0 Å². The first-order valence-electron chi connectivity index (χ1n) is 4.77. The minimum absolute atomic E-state index is 0.0914. The van der Waals surface area contributed by atoms with Crippen molar-refractivity contribution in [1.29, 1.82) is 0 Å². The van der Waals surface area contributed by atoms with Crippen molar-refractivity contribution < 1.29 is 23.1 Å². The van der Waals surface area contributed by atoms with E-state index in [1.54, 1.807) is 0 Å². The Bertz CT molecular complexity index is 634. The maximum atomic E-state index is 13.5. The second-order valence-corrected chi connectivity index (χ2v) is 4.22. The van der Waals surface area contributed by atoms with Crippen LogP contribution in [0.4, 0.5) is 13.2 Å². The number of carboxylic acids is 1. The highest BCUT2D eigenvalue weighted by molar-refractivity contribution is 7.99. The third-order valence-electron chi connectivity index (χ3n) is 1.97. The highest BCUT2D eigenvalue weighted by Crippen LogP contribution is 2.22. The second kappa shape index (κ2) is 5.26. The van der Waals surface area contributed by atoms with Gasteiger partial charge in [0.1, 0.15) is 11.5 Å². The molecule has 10 heteroatoms. The van der Waals surface area contributed by atoms with Gasteiger partial charge in [-0.25, -0.2) is 13.2 Å². The number of carboxylic acid groups (broad SMARTS) is 1. The van der Waals surface area contributed by atoms with E-state index >= 15 is 0 Å². The van der Waals surface area contributed by atoms with E-state index in [9.17, 15) is 18.0 Å². The Hall–Kier alpha value is -2.10. The van der Waals surface area contributed by atoms with E-state index in [1.165, 1.54) is 0 Å². The molecule has 0 atom stereocenters.